The van der Waals surface area contributed by atoms with E-state index in [-0.39, 0.29) is 18.0 Å². The Morgan fingerprint density at radius 3 is 2.81 bits per heavy atom. The van der Waals surface area contributed by atoms with Crippen molar-refractivity contribution in [1.29, 1.82) is 0 Å². The van der Waals surface area contributed by atoms with Crippen molar-refractivity contribution in [3.05, 3.63) is 75.1 Å². The molecule has 5 rings (SSSR count). The molecule has 1 aliphatic rings. The second-order valence-corrected chi connectivity index (χ2v) is 8.19. The summed E-state index contributed by atoms with van der Waals surface area (Å²) in [6, 6.07) is 7.66. The lowest BCUT2D eigenvalue weighted by molar-refractivity contribution is -0.121. The number of nitrogens with one attached hydrogen (secondary N) is 1. The first kappa shape index (κ1) is 19.5. The van der Waals surface area contributed by atoms with Crippen molar-refractivity contribution in [3.63, 3.8) is 0 Å². The van der Waals surface area contributed by atoms with E-state index >= 15 is 0 Å². The normalized spacial score (nSPS) is 13.5. The number of aryl methyl sites for hydroxylation is 3. The monoisotopic (exact) mass is 416 g/mol. The maximum absolute atomic E-state index is 12.6. The molecule has 1 N–H and O–H groups in total. The van der Waals surface area contributed by atoms with Gasteiger partial charge in [-0.1, -0.05) is 6.07 Å². The van der Waals surface area contributed by atoms with Gasteiger partial charge in [-0.3, -0.25) is 9.78 Å². The Labute approximate surface area is 179 Å². The number of pyridine rings is 1. The van der Waals surface area contributed by atoms with Gasteiger partial charge in [0.2, 0.25) is 5.91 Å². The zero-order chi connectivity index (χ0) is 21.4. The summed E-state index contributed by atoms with van der Waals surface area (Å²) in [7, 11) is 0. The minimum atomic E-state index is -0.388. The SMILES string of the molecule is Cc1c(CCC(=O)NCc2cccnc2)c(=O)oc2cc3oc4c(c3cc12)CCCC4. The summed E-state index contributed by atoms with van der Waals surface area (Å²) in [6.45, 7) is 2.35. The van der Waals surface area contributed by atoms with Gasteiger partial charge in [-0.05, 0) is 55.9 Å². The van der Waals surface area contributed by atoms with Gasteiger partial charge >= 0.3 is 5.63 Å². The zero-order valence-electron chi connectivity index (χ0n) is 17.5. The highest BCUT2D eigenvalue weighted by Crippen LogP contribution is 2.35. The molecule has 0 saturated heterocycles. The van der Waals surface area contributed by atoms with Gasteiger partial charge < -0.3 is 14.2 Å². The maximum atomic E-state index is 12.6. The highest BCUT2D eigenvalue weighted by atomic mass is 16.4. The van der Waals surface area contributed by atoms with E-state index < -0.39 is 0 Å². The Bertz CT molecular complexity index is 1330. The van der Waals surface area contributed by atoms with Gasteiger partial charge in [0.05, 0.1) is 0 Å². The van der Waals surface area contributed by atoms with E-state index in [1.165, 1.54) is 12.0 Å². The Morgan fingerprint density at radius 1 is 1.13 bits per heavy atom. The Morgan fingerprint density at radius 2 is 1.97 bits per heavy atom. The molecule has 0 bridgehead atoms. The molecule has 1 aliphatic carbocycles. The molecule has 158 valence electrons. The Balaban J connectivity index is 1.40. The fourth-order valence-corrected chi connectivity index (χ4v) is 4.46. The number of carbonyl (C=O) groups is 1. The first-order valence-electron chi connectivity index (χ1n) is 10.8. The van der Waals surface area contributed by atoms with E-state index in [9.17, 15) is 9.59 Å². The van der Waals surface area contributed by atoms with Crippen molar-refractivity contribution in [2.45, 2.75) is 52.0 Å². The molecular formula is C25H24N2O4. The lowest BCUT2D eigenvalue weighted by atomic mass is 9.94. The van der Waals surface area contributed by atoms with Crippen LogP contribution in [0, 0.1) is 6.92 Å². The number of hydrogen-bond donors (Lipinski definition) is 1. The van der Waals surface area contributed by atoms with Gasteiger partial charge in [-0.25, -0.2) is 4.79 Å². The lowest BCUT2D eigenvalue weighted by Gasteiger charge is -2.10. The Kier molecular flexibility index (Phi) is 5.06. The van der Waals surface area contributed by atoms with Crippen LogP contribution in [0.3, 0.4) is 0 Å². The number of furan rings is 1. The third-order valence-electron chi connectivity index (χ3n) is 6.18. The molecule has 4 aromatic rings. The number of aromatic nitrogens is 1. The van der Waals surface area contributed by atoms with Crippen LogP contribution in [-0.4, -0.2) is 10.9 Å². The van der Waals surface area contributed by atoms with Gasteiger partial charge in [0.15, 0.2) is 0 Å². The summed E-state index contributed by atoms with van der Waals surface area (Å²) >= 11 is 0. The van der Waals surface area contributed by atoms with Gasteiger partial charge in [-0.15, -0.1) is 0 Å². The molecule has 0 radical (unpaired) electrons. The highest BCUT2D eigenvalue weighted by molar-refractivity contribution is 5.97. The largest absolute Gasteiger partial charge is 0.461 e. The van der Waals surface area contributed by atoms with E-state index in [2.05, 4.69) is 16.4 Å². The van der Waals surface area contributed by atoms with E-state index in [0.29, 0.717) is 24.1 Å². The number of benzene rings is 1. The van der Waals surface area contributed by atoms with E-state index in [0.717, 1.165) is 52.5 Å². The van der Waals surface area contributed by atoms with Crippen LogP contribution in [0.5, 0.6) is 0 Å². The number of amides is 1. The number of carbonyl (C=O) groups excluding carboxylic acids is 1. The first-order chi connectivity index (χ1) is 15.1. The van der Waals surface area contributed by atoms with Crippen molar-refractivity contribution in [3.8, 4) is 0 Å². The first-order valence-corrected chi connectivity index (χ1v) is 10.8. The number of nitrogens with zero attached hydrogens (tertiary/aromatic N) is 1. The van der Waals surface area contributed by atoms with Gasteiger partial charge in [0.25, 0.3) is 0 Å². The van der Waals surface area contributed by atoms with Crippen LogP contribution in [0.25, 0.3) is 21.9 Å². The quantitative estimate of drug-likeness (QED) is 0.488. The minimum absolute atomic E-state index is 0.109. The van der Waals surface area contributed by atoms with Crippen molar-refractivity contribution in [1.82, 2.24) is 10.3 Å². The second kappa shape index (κ2) is 8.02. The fourth-order valence-electron chi connectivity index (χ4n) is 4.46. The summed E-state index contributed by atoms with van der Waals surface area (Å²) < 4.78 is 11.7. The van der Waals surface area contributed by atoms with Crippen LogP contribution >= 0.6 is 0 Å². The van der Waals surface area contributed by atoms with Crippen LogP contribution in [-0.2, 0) is 30.6 Å². The standard InChI is InChI=1S/C25H24N2O4/c1-15-17(8-9-24(28)27-14-16-5-4-10-26-13-16)25(29)31-22-12-23-20(11-19(15)22)18-6-2-3-7-21(18)30-23/h4-5,10-13H,2-3,6-9,14H2,1H3,(H,27,28). The predicted octanol–water partition coefficient (Wildman–Crippen LogP) is 4.37. The topological polar surface area (TPSA) is 85.3 Å². The maximum Gasteiger partial charge on any atom is 0.339 e. The smallest absolute Gasteiger partial charge is 0.339 e. The molecule has 3 aromatic heterocycles. The van der Waals surface area contributed by atoms with Crippen molar-refractivity contribution < 1.29 is 13.6 Å². The summed E-state index contributed by atoms with van der Waals surface area (Å²) in [5, 5.41) is 4.90. The third-order valence-corrected chi connectivity index (χ3v) is 6.18. The number of hydrogen-bond acceptors (Lipinski definition) is 5. The van der Waals surface area contributed by atoms with Crippen LogP contribution in [0.2, 0.25) is 0 Å². The molecule has 0 aliphatic heterocycles. The van der Waals surface area contributed by atoms with E-state index in [1.807, 2.05) is 25.1 Å². The lowest BCUT2D eigenvalue weighted by Crippen LogP contribution is -2.24. The zero-order valence-corrected chi connectivity index (χ0v) is 17.5. The van der Waals surface area contributed by atoms with E-state index in [4.69, 9.17) is 8.83 Å². The fraction of sp³-hybridized carbons (Fsp3) is 0.320. The molecule has 0 fully saturated rings. The molecule has 0 atom stereocenters. The molecule has 1 amide bonds. The van der Waals surface area contributed by atoms with Gasteiger partial charge in [-0.2, -0.15) is 0 Å². The van der Waals surface area contributed by atoms with Gasteiger partial charge in [0, 0.05) is 59.7 Å². The van der Waals surface area contributed by atoms with Crippen molar-refractivity contribution in [2.24, 2.45) is 0 Å². The van der Waals surface area contributed by atoms with Gasteiger partial charge in [0.1, 0.15) is 16.9 Å². The number of fused-ring (bicyclic) bond motifs is 4. The van der Waals surface area contributed by atoms with Crippen LogP contribution < -0.4 is 10.9 Å². The van der Waals surface area contributed by atoms with Crippen LogP contribution in [0.15, 0.2) is 50.3 Å². The molecule has 31 heavy (non-hydrogen) atoms. The second-order valence-electron chi connectivity index (χ2n) is 8.19. The average Bonchev–Trinajstić information content (AvgIpc) is 3.14. The molecule has 1 aromatic carbocycles. The molecule has 0 saturated carbocycles. The molecular weight excluding hydrogens is 392 g/mol. The van der Waals surface area contributed by atoms with E-state index in [1.54, 1.807) is 12.4 Å². The van der Waals surface area contributed by atoms with Crippen LogP contribution in [0.4, 0.5) is 0 Å². The summed E-state index contributed by atoms with van der Waals surface area (Å²) in [4.78, 5) is 29.0. The minimum Gasteiger partial charge on any atom is -0.461 e. The third kappa shape index (κ3) is 3.74. The molecule has 6 heteroatoms. The summed E-state index contributed by atoms with van der Waals surface area (Å²) in [5.74, 6) is 0.948. The van der Waals surface area contributed by atoms with Crippen LogP contribution in [0.1, 0.15) is 47.3 Å². The summed E-state index contributed by atoms with van der Waals surface area (Å²) in [5.41, 5.74) is 4.57. The Hall–Kier alpha value is -3.41. The highest BCUT2D eigenvalue weighted by Gasteiger charge is 2.20. The average molecular weight is 416 g/mol. The molecule has 3 heterocycles. The van der Waals surface area contributed by atoms with Crippen molar-refractivity contribution in [2.75, 3.05) is 0 Å². The van der Waals surface area contributed by atoms with Crippen molar-refractivity contribution >= 4 is 27.8 Å². The molecule has 0 spiro atoms. The number of rotatable bonds is 5. The molecule has 0 unspecified atom stereocenters. The predicted molar refractivity (Wildman–Crippen MR) is 118 cm³/mol. The summed E-state index contributed by atoms with van der Waals surface area (Å²) in [6.07, 6.45) is 8.27. The molecule has 6 nitrogen and oxygen atoms in total.